The summed E-state index contributed by atoms with van der Waals surface area (Å²) in [5.74, 6) is 2.34. The first-order valence-corrected chi connectivity index (χ1v) is 14.0. The van der Waals surface area contributed by atoms with E-state index in [1.54, 1.807) is 11.1 Å². The molecular weight excluding hydrogens is 476 g/mol. The fourth-order valence-corrected chi connectivity index (χ4v) is 5.53. The Morgan fingerprint density at radius 2 is 1.87 bits per heavy atom. The van der Waals surface area contributed by atoms with Crippen LogP contribution in [0.2, 0.25) is 0 Å². The number of hydrogen-bond acceptors (Lipinski definition) is 6. The number of aryl methyl sites for hydroxylation is 2. The first-order chi connectivity index (χ1) is 18.2. The third-order valence-electron chi connectivity index (χ3n) is 7.54. The molecule has 0 bridgehead atoms. The summed E-state index contributed by atoms with van der Waals surface area (Å²) >= 11 is 0. The van der Waals surface area contributed by atoms with Crippen molar-refractivity contribution in [3.05, 3.63) is 59.4 Å². The molecule has 1 aliphatic carbocycles. The van der Waals surface area contributed by atoms with Crippen molar-refractivity contribution in [1.82, 2.24) is 24.4 Å². The number of fused-ring (bicyclic) bond motifs is 1. The number of imidazole rings is 1. The summed E-state index contributed by atoms with van der Waals surface area (Å²) in [6, 6.07) is 8.23. The number of carbonyl (C=O) groups excluding carboxylic acids is 1. The summed E-state index contributed by atoms with van der Waals surface area (Å²) in [4.78, 5) is 28.8. The first kappa shape index (κ1) is 26.2. The van der Waals surface area contributed by atoms with Crippen molar-refractivity contribution in [2.45, 2.75) is 91.2 Å². The molecule has 0 spiro atoms. The quantitative estimate of drug-likeness (QED) is 0.401. The zero-order valence-electron chi connectivity index (χ0n) is 23.2. The largest absolute Gasteiger partial charge is 0.444 e. The SMILES string of the molecule is Cc1nccn1-c1ccc(Nc2nc(CCC3CCCCC3)c3c(n2)CCN(C(=O)OC(C)(C)C)C3)cc1. The molecule has 2 aromatic heterocycles. The summed E-state index contributed by atoms with van der Waals surface area (Å²) < 4.78 is 7.72. The molecule has 38 heavy (non-hydrogen) atoms. The number of aromatic nitrogens is 4. The first-order valence-electron chi connectivity index (χ1n) is 14.0. The van der Waals surface area contributed by atoms with Crippen molar-refractivity contribution < 1.29 is 9.53 Å². The van der Waals surface area contributed by atoms with Gasteiger partial charge in [-0.05, 0) is 70.7 Å². The monoisotopic (exact) mass is 516 g/mol. The molecule has 1 saturated carbocycles. The lowest BCUT2D eigenvalue weighted by molar-refractivity contribution is 0.0222. The highest BCUT2D eigenvalue weighted by atomic mass is 16.6. The molecule has 1 fully saturated rings. The van der Waals surface area contributed by atoms with Crippen LogP contribution in [-0.4, -0.2) is 42.7 Å². The maximum absolute atomic E-state index is 12.8. The topological polar surface area (TPSA) is 85.2 Å². The predicted octanol–water partition coefficient (Wildman–Crippen LogP) is 6.52. The number of rotatable bonds is 6. The van der Waals surface area contributed by atoms with E-state index in [-0.39, 0.29) is 6.09 Å². The molecule has 8 nitrogen and oxygen atoms in total. The second-order valence-electron chi connectivity index (χ2n) is 11.6. The van der Waals surface area contributed by atoms with Gasteiger partial charge in [-0.2, -0.15) is 0 Å². The average Bonchev–Trinajstić information content (AvgIpc) is 3.33. The second-order valence-corrected chi connectivity index (χ2v) is 11.6. The minimum absolute atomic E-state index is 0.267. The molecular formula is C30H40N6O2. The van der Waals surface area contributed by atoms with Crippen LogP contribution < -0.4 is 5.32 Å². The summed E-state index contributed by atoms with van der Waals surface area (Å²) in [5, 5.41) is 3.43. The Morgan fingerprint density at radius 3 is 2.55 bits per heavy atom. The number of benzene rings is 1. The zero-order chi connectivity index (χ0) is 26.7. The van der Waals surface area contributed by atoms with E-state index >= 15 is 0 Å². The minimum atomic E-state index is -0.516. The second kappa shape index (κ2) is 11.1. The van der Waals surface area contributed by atoms with Crippen LogP contribution in [0.3, 0.4) is 0 Å². The van der Waals surface area contributed by atoms with Crippen LogP contribution in [0.25, 0.3) is 5.69 Å². The van der Waals surface area contributed by atoms with E-state index in [0.717, 1.165) is 52.9 Å². The van der Waals surface area contributed by atoms with Crippen molar-refractivity contribution in [2.75, 3.05) is 11.9 Å². The van der Waals surface area contributed by atoms with Crippen LogP contribution in [0.15, 0.2) is 36.7 Å². The molecule has 1 N–H and O–H groups in total. The summed E-state index contributed by atoms with van der Waals surface area (Å²) in [5.41, 5.74) is 4.67. The molecule has 0 radical (unpaired) electrons. The van der Waals surface area contributed by atoms with Gasteiger partial charge in [0.25, 0.3) is 0 Å². The Morgan fingerprint density at radius 1 is 1.11 bits per heavy atom. The van der Waals surface area contributed by atoms with E-state index in [1.807, 2.05) is 46.0 Å². The maximum atomic E-state index is 12.8. The van der Waals surface area contributed by atoms with Gasteiger partial charge in [-0.3, -0.25) is 0 Å². The molecule has 3 heterocycles. The molecule has 5 rings (SSSR count). The van der Waals surface area contributed by atoms with E-state index in [2.05, 4.69) is 27.0 Å². The van der Waals surface area contributed by atoms with Gasteiger partial charge in [0.2, 0.25) is 5.95 Å². The highest BCUT2D eigenvalue weighted by molar-refractivity contribution is 5.69. The van der Waals surface area contributed by atoms with Gasteiger partial charge >= 0.3 is 6.09 Å². The van der Waals surface area contributed by atoms with E-state index in [1.165, 1.54) is 32.1 Å². The Kier molecular flexibility index (Phi) is 7.68. The number of anilines is 2. The van der Waals surface area contributed by atoms with E-state index in [0.29, 0.717) is 25.5 Å². The summed E-state index contributed by atoms with van der Waals surface area (Å²) in [7, 11) is 0. The van der Waals surface area contributed by atoms with Gasteiger partial charge in [0, 0.05) is 42.3 Å². The van der Waals surface area contributed by atoms with E-state index < -0.39 is 5.60 Å². The molecule has 1 aliphatic heterocycles. The summed E-state index contributed by atoms with van der Waals surface area (Å²) in [6.07, 6.45) is 12.9. The van der Waals surface area contributed by atoms with Gasteiger partial charge < -0.3 is 19.5 Å². The molecule has 0 unspecified atom stereocenters. The van der Waals surface area contributed by atoms with Gasteiger partial charge in [-0.25, -0.2) is 19.7 Å². The van der Waals surface area contributed by atoms with Gasteiger partial charge in [0.15, 0.2) is 0 Å². The fraction of sp³-hybridized carbons (Fsp3) is 0.533. The minimum Gasteiger partial charge on any atom is -0.444 e. The molecule has 0 saturated heterocycles. The molecule has 3 aromatic rings. The van der Waals surface area contributed by atoms with Crippen LogP contribution >= 0.6 is 0 Å². The van der Waals surface area contributed by atoms with Crippen molar-refractivity contribution in [1.29, 1.82) is 0 Å². The molecule has 2 aliphatic rings. The Bertz CT molecular complexity index is 1250. The average molecular weight is 517 g/mol. The highest BCUT2D eigenvalue weighted by Crippen LogP contribution is 2.30. The highest BCUT2D eigenvalue weighted by Gasteiger charge is 2.29. The van der Waals surface area contributed by atoms with E-state index in [4.69, 9.17) is 14.7 Å². The zero-order valence-corrected chi connectivity index (χ0v) is 23.2. The molecule has 0 atom stereocenters. The lowest BCUT2D eigenvalue weighted by atomic mass is 9.85. The number of nitrogens with one attached hydrogen (secondary N) is 1. The molecule has 1 aromatic carbocycles. The normalized spacial score (nSPS) is 16.3. The lowest BCUT2D eigenvalue weighted by Crippen LogP contribution is -2.40. The number of amides is 1. The van der Waals surface area contributed by atoms with Crippen LogP contribution in [0, 0.1) is 12.8 Å². The van der Waals surface area contributed by atoms with E-state index in [9.17, 15) is 4.79 Å². The molecule has 1 amide bonds. The number of hydrogen-bond donors (Lipinski definition) is 1. The smallest absolute Gasteiger partial charge is 0.410 e. The van der Waals surface area contributed by atoms with Crippen LogP contribution in [-0.2, 0) is 24.1 Å². The molecule has 202 valence electrons. The van der Waals surface area contributed by atoms with Crippen LogP contribution in [0.4, 0.5) is 16.4 Å². The van der Waals surface area contributed by atoms with Crippen molar-refractivity contribution in [3.8, 4) is 5.69 Å². The Balaban J connectivity index is 1.36. The van der Waals surface area contributed by atoms with Crippen LogP contribution in [0.5, 0.6) is 0 Å². The Hall–Kier alpha value is -3.42. The van der Waals surface area contributed by atoms with Gasteiger partial charge in [-0.1, -0.05) is 32.1 Å². The standard InChI is InChI=1S/C30H40N6O2/c1-21-31-17-19-36(21)24-13-11-23(12-14-24)32-28-33-26(15-10-22-8-6-5-7-9-22)25-20-35(18-16-27(25)34-28)29(37)38-30(2,3)4/h11-14,17,19,22H,5-10,15-16,18,20H2,1-4H3,(H,32,33,34). The van der Waals surface area contributed by atoms with Crippen molar-refractivity contribution >= 4 is 17.7 Å². The van der Waals surface area contributed by atoms with Gasteiger partial charge in [0.05, 0.1) is 17.9 Å². The lowest BCUT2D eigenvalue weighted by Gasteiger charge is -2.32. The van der Waals surface area contributed by atoms with Gasteiger partial charge in [-0.15, -0.1) is 0 Å². The summed E-state index contributed by atoms with van der Waals surface area (Å²) in [6.45, 7) is 8.81. The number of nitrogens with zero attached hydrogens (tertiary/aromatic N) is 5. The van der Waals surface area contributed by atoms with Crippen LogP contribution in [0.1, 0.15) is 82.1 Å². The maximum Gasteiger partial charge on any atom is 0.410 e. The number of carbonyl (C=O) groups is 1. The van der Waals surface area contributed by atoms with Crippen molar-refractivity contribution in [2.24, 2.45) is 5.92 Å². The predicted molar refractivity (Wildman–Crippen MR) is 149 cm³/mol. The Labute approximate surface area is 225 Å². The fourth-order valence-electron chi connectivity index (χ4n) is 5.53. The third-order valence-corrected chi connectivity index (χ3v) is 7.54. The van der Waals surface area contributed by atoms with Crippen molar-refractivity contribution in [3.63, 3.8) is 0 Å². The third kappa shape index (κ3) is 6.34. The number of ether oxygens (including phenoxy) is 1. The van der Waals surface area contributed by atoms with Gasteiger partial charge in [0.1, 0.15) is 11.4 Å². The molecule has 8 heteroatoms.